The highest BCUT2D eigenvalue weighted by molar-refractivity contribution is 5.76. The van der Waals surface area contributed by atoms with E-state index in [4.69, 9.17) is 0 Å². The summed E-state index contributed by atoms with van der Waals surface area (Å²) in [6.07, 6.45) is 6.81. The molecular weight excluding hydrogens is 224 g/mol. The average Bonchev–Trinajstić information content (AvgIpc) is 3.10. The molecule has 104 valence electrons. The Morgan fingerprint density at radius 2 is 2.11 bits per heavy atom. The fourth-order valence-electron chi connectivity index (χ4n) is 2.93. The first-order valence-corrected chi connectivity index (χ1v) is 7.65. The van der Waals surface area contributed by atoms with Crippen molar-refractivity contribution in [3.63, 3.8) is 0 Å². The highest BCUT2D eigenvalue weighted by Crippen LogP contribution is 2.23. The Balaban J connectivity index is 1.63. The lowest BCUT2D eigenvalue weighted by molar-refractivity contribution is -0.121. The van der Waals surface area contributed by atoms with Gasteiger partial charge in [-0.05, 0) is 50.5 Å². The van der Waals surface area contributed by atoms with Gasteiger partial charge in [-0.25, -0.2) is 0 Å². The molecule has 1 amide bonds. The number of nitrogens with zero attached hydrogens (tertiary/aromatic N) is 1. The van der Waals surface area contributed by atoms with Crippen LogP contribution >= 0.6 is 0 Å². The Hall–Kier alpha value is -0.570. The summed E-state index contributed by atoms with van der Waals surface area (Å²) in [7, 11) is 0. The van der Waals surface area contributed by atoms with Gasteiger partial charge in [0.1, 0.15) is 0 Å². The molecular formula is C15H28N2O. The Labute approximate surface area is 111 Å². The maximum absolute atomic E-state index is 11.7. The van der Waals surface area contributed by atoms with Crippen molar-refractivity contribution in [3.05, 3.63) is 0 Å². The number of carbonyl (C=O) groups excluding carboxylic acids is 1. The minimum Gasteiger partial charge on any atom is -0.353 e. The molecule has 1 aliphatic heterocycles. The molecule has 1 atom stereocenters. The van der Waals surface area contributed by atoms with Gasteiger partial charge in [-0.15, -0.1) is 0 Å². The molecule has 1 aliphatic carbocycles. The summed E-state index contributed by atoms with van der Waals surface area (Å²) >= 11 is 0. The van der Waals surface area contributed by atoms with Crippen molar-refractivity contribution in [2.24, 2.45) is 11.8 Å². The number of hydrogen-bond donors (Lipinski definition) is 1. The molecule has 0 bridgehead atoms. The normalized spacial score (nSPS) is 25.4. The van der Waals surface area contributed by atoms with E-state index in [-0.39, 0.29) is 5.91 Å². The summed E-state index contributed by atoms with van der Waals surface area (Å²) < 4.78 is 0. The summed E-state index contributed by atoms with van der Waals surface area (Å²) in [6, 6.07) is 0.515. The Kier molecular flexibility index (Phi) is 5.04. The third kappa shape index (κ3) is 4.97. The van der Waals surface area contributed by atoms with Gasteiger partial charge in [0.25, 0.3) is 0 Å². The van der Waals surface area contributed by atoms with Crippen LogP contribution in [0.15, 0.2) is 0 Å². The van der Waals surface area contributed by atoms with E-state index in [1.54, 1.807) is 0 Å². The van der Waals surface area contributed by atoms with Crippen LogP contribution in [0.5, 0.6) is 0 Å². The third-order valence-corrected chi connectivity index (χ3v) is 3.95. The van der Waals surface area contributed by atoms with E-state index in [0.717, 1.165) is 24.7 Å². The molecule has 0 radical (unpaired) electrons. The van der Waals surface area contributed by atoms with Crippen molar-refractivity contribution in [3.8, 4) is 0 Å². The van der Waals surface area contributed by atoms with Crippen molar-refractivity contribution in [1.82, 2.24) is 10.2 Å². The number of nitrogens with one attached hydrogen (secondary N) is 1. The number of piperidine rings is 1. The van der Waals surface area contributed by atoms with Crippen molar-refractivity contribution < 1.29 is 4.79 Å². The first-order valence-electron chi connectivity index (χ1n) is 7.65. The number of likely N-dealkylation sites (tertiary alicyclic amines) is 1. The standard InChI is InChI=1S/C15H28N2O/c1-12(2)10-17-9-3-4-13(11-17)5-8-15(18)16-14-6-7-14/h12-14H,3-11H2,1-2H3,(H,16,18). The zero-order valence-electron chi connectivity index (χ0n) is 12.0. The van der Waals surface area contributed by atoms with Crippen LogP contribution in [0.25, 0.3) is 0 Å². The molecule has 18 heavy (non-hydrogen) atoms. The van der Waals surface area contributed by atoms with Crippen LogP contribution in [0.4, 0.5) is 0 Å². The predicted octanol–water partition coefficient (Wildman–Crippen LogP) is 2.41. The smallest absolute Gasteiger partial charge is 0.220 e. The lowest BCUT2D eigenvalue weighted by atomic mass is 9.92. The van der Waals surface area contributed by atoms with Crippen molar-refractivity contribution >= 4 is 5.91 Å². The molecule has 1 heterocycles. The fraction of sp³-hybridized carbons (Fsp3) is 0.933. The molecule has 2 rings (SSSR count). The number of amides is 1. The maximum Gasteiger partial charge on any atom is 0.220 e. The number of carbonyl (C=O) groups is 1. The summed E-state index contributed by atoms with van der Waals surface area (Å²) in [5.41, 5.74) is 0. The van der Waals surface area contributed by atoms with Gasteiger partial charge < -0.3 is 10.2 Å². The zero-order chi connectivity index (χ0) is 13.0. The van der Waals surface area contributed by atoms with Gasteiger partial charge in [0, 0.05) is 25.6 Å². The highest BCUT2D eigenvalue weighted by atomic mass is 16.1. The van der Waals surface area contributed by atoms with E-state index in [2.05, 4.69) is 24.1 Å². The van der Waals surface area contributed by atoms with Crippen molar-refractivity contribution in [1.29, 1.82) is 0 Å². The minimum absolute atomic E-state index is 0.276. The molecule has 3 nitrogen and oxygen atoms in total. The average molecular weight is 252 g/mol. The van der Waals surface area contributed by atoms with Crippen LogP contribution < -0.4 is 5.32 Å². The molecule has 1 N–H and O–H groups in total. The van der Waals surface area contributed by atoms with Gasteiger partial charge in [0.15, 0.2) is 0 Å². The van der Waals surface area contributed by atoms with E-state index < -0.39 is 0 Å². The van der Waals surface area contributed by atoms with E-state index in [0.29, 0.717) is 6.04 Å². The summed E-state index contributed by atoms with van der Waals surface area (Å²) in [5.74, 6) is 1.77. The summed E-state index contributed by atoms with van der Waals surface area (Å²) in [6.45, 7) is 8.24. The second kappa shape index (κ2) is 6.55. The lowest BCUT2D eigenvalue weighted by Crippen LogP contribution is -2.38. The van der Waals surface area contributed by atoms with Crippen LogP contribution in [-0.2, 0) is 4.79 Å². The second-order valence-corrected chi connectivity index (χ2v) is 6.54. The SMILES string of the molecule is CC(C)CN1CCCC(CCC(=O)NC2CC2)C1. The van der Waals surface area contributed by atoms with E-state index >= 15 is 0 Å². The lowest BCUT2D eigenvalue weighted by Gasteiger charge is -2.33. The van der Waals surface area contributed by atoms with Gasteiger partial charge >= 0.3 is 0 Å². The molecule has 2 fully saturated rings. The van der Waals surface area contributed by atoms with Crippen LogP contribution in [0.2, 0.25) is 0 Å². The van der Waals surface area contributed by atoms with Crippen molar-refractivity contribution in [2.75, 3.05) is 19.6 Å². The Morgan fingerprint density at radius 1 is 1.33 bits per heavy atom. The molecule has 0 aromatic carbocycles. The van der Waals surface area contributed by atoms with Crippen LogP contribution in [0.1, 0.15) is 52.4 Å². The Bertz CT molecular complexity index is 274. The largest absolute Gasteiger partial charge is 0.353 e. The first-order chi connectivity index (χ1) is 8.63. The molecule has 1 saturated heterocycles. The second-order valence-electron chi connectivity index (χ2n) is 6.54. The predicted molar refractivity (Wildman–Crippen MR) is 74.4 cm³/mol. The molecule has 0 aromatic heterocycles. The molecule has 2 aliphatic rings. The monoisotopic (exact) mass is 252 g/mol. The zero-order valence-corrected chi connectivity index (χ0v) is 12.0. The van der Waals surface area contributed by atoms with Gasteiger partial charge in [0.05, 0.1) is 0 Å². The first kappa shape index (κ1) is 13.9. The minimum atomic E-state index is 0.276. The number of hydrogen-bond acceptors (Lipinski definition) is 2. The summed E-state index contributed by atoms with van der Waals surface area (Å²) in [5, 5.41) is 3.08. The maximum atomic E-state index is 11.7. The molecule has 1 unspecified atom stereocenters. The topological polar surface area (TPSA) is 32.3 Å². The molecule has 0 aromatic rings. The van der Waals surface area contributed by atoms with Gasteiger partial charge in [-0.2, -0.15) is 0 Å². The van der Waals surface area contributed by atoms with Crippen LogP contribution in [-0.4, -0.2) is 36.5 Å². The molecule has 1 saturated carbocycles. The van der Waals surface area contributed by atoms with E-state index in [1.807, 2.05) is 0 Å². The fourth-order valence-corrected chi connectivity index (χ4v) is 2.93. The van der Waals surface area contributed by atoms with Gasteiger partial charge in [0.2, 0.25) is 5.91 Å². The highest BCUT2D eigenvalue weighted by Gasteiger charge is 2.24. The van der Waals surface area contributed by atoms with E-state index in [9.17, 15) is 4.79 Å². The van der Waals surface area contributed by atoms with Gasteiger partial charge in [-0.1, -0.05) is 13.8 Å². The van der Waals surface area contributed by atoms with E-state index in [1.165, 1.54) is 45.3 Å². The Morgan fingerprint density at radius 3 is 2.78 bits per heavy atom. The quantitative estimate of drug-likeness (QED) is 0.787. The number of rotatable bonds is 6. The summed E-state index contributed by atoms with van der Waals surface area (Å²) in [4.78, 5) is 14.3. The van der Waals surface area contributed by atoms with Gasteiger partial charge in [-0.3, -0.25) is 4.79 Å². The van der Waals surface area contributed by atoms with Crippen LogP contribution in [0.3, 0.4) is 0 Å². The third-order valence-electron chi connectivity index (χ3n) is 3.95. The van der Waals surface area contributed by atoms with Crippen LogP contribution in [0, 0.1) is 11.8 Å². The molecule has 0 spiro atoms. The molecule has 3 heteroatoms. The van der Waals surface area contributed by atoms with Crippen molar-refractivity contribution in [2.45, 2.75) is 58.4 Å².